The van der Waals surface area contributed by atoms with E-state index in [2.05, 4.69) is 10.0 Å². The third-order valence-corrected chi connectivity index (χ3v) is 1.76. The van der Waals surface area contributed by atoms with Gasteiger partial charge in [0.05, 0.1) is 9.85 Å². The van der Waals surface area contributed by atoms with E-state index in [9.17, 15) is 25.0 Å². The molecule has 17 heavy (non-hydrogen) atoms. The van der Waals surface area contributed by atoms with Crippen molar-refractivity contribution < 1.29 is 14.6 Å². The third kappa shape index (κ3) is 2.33. The molecule has 10 heteroatoms. The van der Waals surface area contributed by atoms with Gasteiger partial charge in [-0.15, -0.1) is 0 Å². The number of nitro groups is 2. The Morgan fingerprint density at radius 1 is 1.29 bits per heavy atom. The van der Waals surface area contributed by atoms with Crippen molar-refractivity contribution in [3.63, 3.8) is 0 Å². The van der Waals surface area contributed by atoms with E-state index in [4.69, 9.17) is 5.53 Å². The first-order valence-electron chi connectivity index (χ1n) is 4.00. The van der Waals surface area contributed by atoms with Gasteiger partial charge in [-0.1, -0.05) is 6.07 Å². The zero-order valence-electron chi connectivity index (χ0n) is 8.01. The first-order chi connectivity index (χ1) is 7.99. The van der Waals surface area contributed by atoms with Crippen molar-refractivity contribution in [2.24, 2.45) is 5.11 Å². The Labute approximate surface area is 92.4 Å². The van der Waals surface area contributed by atoms with Crippen molar-refractivity contribution in [1.82, 2.24) is 0 Å². The fourth-order valence-corrected chi connectivity index (χ4v) is 1.14. The van der Waals surface area contributed by atoms with Crippen LogP contribution >= 0.6 is 0 Å². The number of hydrogen-bond acceptors (Lipinski definition) is 5. The number of carbonyl (C=O) groups excluding carboxylic acids is 1. The molecular formula is C7H3N5O5. The highest BCUT2D eigenvalue weighted by molar-refractivity contribution is 6.00. The third-order valence-electron chi connectivity index (χ3n) is 1.76. The van der Waals surface area contributed by atoms with Gasteiger partial charge < -0.3 is 0 Å². The second kappa shape index (κ2) is 4.68. The quantitative estimate of drug-likeness (QED) is 0.258. The molecule has 1 amide bonds. The summed E-state index contributed by atoms with van der Waals surface area (Å²) in [6.45, 7) is 0. The Hall–Kier alpha value is -3.00. The highest BCUT2D eigenvalue weighted by Gasteiger charge is 2.30. The number of rotatable bonds is 3. The Morgan fingerprint density at radius 2 is 1.94 bits per heavy atom. The Bertz CT molecular complexity index is 562. The van der Waals surface area contributed by atoms with Crippen molar-refractivity contribution in [3.05, 3.63) is 54.4 Å². The van der Waals surface area contributed by atoms with Crippen LogP contribution in [-0.2, 0) is 0 Å². The van der Waals surface area contributed by atoms with Crippen molar-refractivity contribution >= 4 is 17.3 Å². The molecule has 86 valence electrons. The zero-order chi connectivity index (χ0) is 13.0. The minimum Gasteiger partial charge on any atom is -0.287 e. The summed E-state index contributed by atoms with van der Waals surface area (Å²) in [7, 11) is 0. The van der Waals surface area contributed by atoms with Gasteiger partial charge in [0.1, 0.15) is 5.56 Å². The van der Waals surface area contributed by atoms with Crippen LogP contribution in [0.2, 0.25) is 0 Å². The summed E-state index contributed by atoms with van der Waals surface area (Å²) in [5.41, 5.74) is 5.59. The molecule has 0 radical (unpaired) electrons. The number of nitro benzene ring substituents is 2. The number of carbonyl (C=O) groups is 1. The van der Waals surface area contributed by atoms with Crippen LogP contribution < -0.4 is 0 Å². The molecule has 0 saturated heterocycles. The Balaban J connectivity index is 3.56. The van der Waals surface area contributed by atoms with Crippen LogP contribution in [0.5, 0.6) is 0 Å². The predicted molar refractivity (Wildman–Crippen MR) is 53.2 cm³/mol. The molecule has 0 saturated carbocycles. The predicted octanol–water partition coefficient (Wildman–Crippen LogP) is 1.95. The first kappa shape index (κ1) is 12.1. The standard InChI is InChI=1S/C7H3N5O5/c8-10-9-7(13)4-2-1-3-5(11(14)15)6(4)12(16)17/h1-3H. The van der Waals surface area contributed by atoms with E-state index >= 15 is 0 Å². The second-order valence-corrected chi connectivity index (χ2v) is 2.68. The summed E-state index contributed by atoms with van der Waals surface area (Å²) in [5, 5.41) is 23.9. The molecule has 0 bridgehead atoms. The van der Waals surface area contributed by atoms with Crippen molar-refractivity contribution in [2.45, 2.75) is 0 Å². The van der Waals surface area contributed by atoms with Gasteiger partial charge in [0, 0.05) is 11.0 Å². The lowest BCUT2D eigenvalue weighted by Gasteiger charge is -1.98. The lowest BCUT2D eigenvalue weighted by molar-refractivity contribution is -0.422. The number of benzene rings is 1. The van der Waals surface area contributed by atoms with Gasteiger partial charge >= 0.3 is 11.4 Å². The number of para-hydroxylation sites is 1. The van der Waals surface area contributed by atoms with Crippen LogP contribution in [0.25, 0.3) is 10.4 Å². The van der Waals surface area contributed by atoms with Gasteiger partial charge in [0.2, 0.25) is 0 Å². The van der Waals surface area contributed by atoms with E-state index in [1.807, 2.05) is 0 Å². The molecule has 0 aliphatic heterocycles. The average molecular weight is 237 g/mol. The van der Waals surface area contributed by atoms with Crippen LogP contribution in [0.1, 0.15) is 10.4 Å². The van der Waals surface area contributed by atoms with Crippen molar-refractivity contribution in [3.8, 4) is 0 Å². The van der Waals surface area contributed by atoms with Crippen LogP contribution in [-0.4, -0.2) is 15.8 Å². The van der Waals surface area contributed by atoms with E-state index in [1.165, 1.54) is 0 Å². The zero-order valence-corrected chi connectivity index (χ0v) is 8.01. The molecule has 1 aromatic carbocycles. The van der Waals surface area contributed by atoms with Gasteiger partial charge in [-0.05, 0) is 16.7 Å². The number of hydrogen-bond donors (Lipinski definition) is 0. The highest BCUT2D eigenvalue weighted by atomic mass is 16.6. The molecule has 0 aromatic heterocycles. The van der Waals surface area contributed by atoms with Gasteiger partial charge in [-0.3, -0.25) is 25.0 Å². The lowest BCUT2D eigenvalue weighted by Crippen LogP contribution is -2.04. The topological polar surface area (TPSA) is 152 Å². The van der Waals surface area contributed by atoms with Gasteiger partial charge in [-0.2, -0.15) is 0 Å². The Morgan fingerprint density at radius 3 is 2.41 bits per heavy atom. The van der Waals surface area contributed by atoms with Crippen LogP contribution in [0.15, 0.2) is 23.3 Å². The fraction of sp³-hybridized carbons (Fsp3) is 0. The molecule has 0 aliphatic rings. The smallest absolute Gasteiger partial charge is 0.287 e. The number of azide groups is 1. The second-order valence-electron chi connectivity index (χ2n) is 2.68. The minimum atomic E-state index is -1.25. The molecule has 1 aromatic rings. The first-order valence-corrected chi connectivity index (χ1v) is 4.00. The number of nitrogens with zero attached hydrogens (tertiary/aromatic N) is 5. The van der Waals surface area contributed by atoms with Crippen LogP contribution in [0.4, 0.5) is 11.4 Å². The normalized spacial score (nSPS) is 9.18. The van der Waals surface area contributed by atoms with E-state index in [0.29, 0.717) is 0 Å². The summed E-state index contributed by atoms with van der Waals surface area (Å²) in [6.07, 6.45) is 0. The molecular weight excluding hydrogens is 234 g/mol. The molecule has 10 nitrogen and oxygen atoms in total. The molecule has 0 atom stereocenters. The maximum atomic E-state index is 11.2. The molecule has 0 unspecified atom stereocenters. The van der Waals surface area contributed by atoms with Crippen LogP contribution in [0.3, 0.4) is 0 Å². The van der Waals surface area contributed by atoms with Crippen molar-refractivity contribution in [2.75, 3.05) is 0 Å². The molecule has 0 fully saturated rings. The minimum absolute atomic E-state index is 0.623. The molecule has 0 aliphatic carbocycles. The van der Waals surface area contributed by atoms with Crippen LogP contribution in [0, 0.1) is 20.2 Å². The maximum absolute atomic E-state index is 11.2. The van der Waals surface area contributed by atoms with Crippen molar-refractivity contribution in [1.29, 1.82) is 0 Å². The van der Waals surface area contributed by atoms with E-state index in [1.54, 1.807) is 0 Å². The van der Waals surface area contributed by atoms with Gasteiger partial charge in [0.15, 0.2) is 0 Å². The maximum Gasteiger partial charge on any atom is 0.356 e. The highest BCUT2D eigenvalue weighted by Crippen LogP contribution is 2.30. The summed E-state index contributed by atoms with van der Waals surface area (Å²) >= 11 is 0. The summed E-state index contributed by atoms with van der Waals surface area (Å²) in [6, 6.07) is 2.94. The largest absolute Gasteiger partial charge is 0.356 e. The summed E-state index contributed by atoms with van der Waals surface area (Å²) in [4.78, 5) is 32.5. The summed E-state index contributed by atoms with van der Waals surface area (Å²) in [5.74, 6) is -1.25. The molecule has 0 N–H and O–H groups in total. The monoisotopic (exact) mass is 237 g/mol. The van der Waals surface area contributed by atoms with E-state index < -0.39 is 32.7 Å². The van der Waals surface area contributed by atoms with Gasteiger partial charge in [-0.25, -0.2) is 0 Å². The van der Waals surface area contributed by atoms with Gasteiger partial charge in [0.25, 0.3) is 5.91 Å². The lowest BCUT2D eigenvalue weighted by atomic mass is 10.1. The average Bonchev–Trinajstić information content (AvgIpc) is 2.28. The molecule has 1 rings (SSSR count). The fourth-order valence-electron chi connectivity index (χ4n) is 1.14. The van der Waals surface area contributed by atoms with E-state index in [0.717, 1.165) is 18.2 Å². The summed E-state index contributed by atoms with van der Waals surface area (Å²) < 4.78 is 0. The number of amides is 1. The SMILES string of the molecule is [N-]=[N+]=NC(=O)c1cccc([N+](=O)[O-])c1[N+](=O)[O-]. The molecule has 0 heterocycles. The van der Waals surface area contributed by atoms with E-state index in [-0.39, 0.29) is 0 Å². The Kier molecular flexibility index (Phi) is 3.32. The molecule has 0 spiro atoms.